The van der Waals surface area contributed by atoms with Crippen LogP contribution in [0.3, 0.4) is 0 Å². The van der Waals surface area contributed by atoms with Gasteiger partial charge in [0.25, 0.3) is 0 Å². The maximum atomic E-state index is 6.80. The first kappa shape index (κ1) is 3.50. The second kappa shape index (κ2) is 1.98. The molecule has 0 atom stereocenters. The molecule has 1 heterocycles. The SMILES string of the molecule is [2H]Sc1ccccn1. The van der Waals surface area contributed by atoms with Gasteiger partial charge in [0.05, 0.1) is 5.03 Å². The van der Waals surface area contributed by atoms with E-state index in [0.29, 0.717) is 0 Å². The molecule has 0 bridgehead atoms. The number of thiol groups is 1. The number of aromatic nitrogens is 1. The second-order valence-corrected chi connectivity index (χ2v) is 1.59. The van der Waals surface area contributed by atoms with Crippen LogP contribution in [0.4, 0.5) is 0 Å². The standard InChI is InChI=1S/C5H5NS/c7-5-3-1-2-4-6-5/h1-4H,(H,6,7)/i/hD. The predicted octanol–water partition coefficient (Wildman–Crippen LogP) is 1.37. The maximum absolute atomic E-state index is 6.80. The third kappa shape index (κ3) is 1.20. The first-order chi connectivity index (χ1) is 3.93. The number of rotatable bonds is 1. The fourth-order valence-electron chi connectivity index (χ4n) is 0.347. The lowest BCUT2D eigenvalue weighted by molar-refractivity contribution is 1.14. The van der Waals surface area contributed by atoms with E-state index in [0.717, 1.165) is 17.6 Å². The first-order valence-corrected chi connectivity index (χ1v) is 2.38. The largest absolute Gasteiger partial charge is 0.250 e. The lowest BCUT2D eigenvalue weighted by Crippen LogP contribution is -1.67. The van der Waals surface area contributed by atoms with Crippen molar-refractivity contribution >= 4 is 12.5 Å². The van der Waals surface area contributed by atoms with Crippen molar-refractivity contribution in [3.05, 3.63) is 24.4 Å². The van der Waals surface area contributed by atoms with E-state index in [1.165, 1.54) is 0 Å². The van der Waals surface area contributed by atoms with Crippen molar-refractivity contribution in [1.82, 2.24) is 4.98 Å². The zero-order chi connectivity index (χ0) is 5.82. The summed E-state index contributed by atoms with van der Waals surface area (Å²) in [4.78, 5) is 3.87. The van der Waals surface area contributed by atoms with E-state index in [1.807, 2.05) is 12.1 Å². The van der Waals surface area contributed by atoms with Crippen LogP contribution >= 0.6 is 12.5 Å². The summed E-state index contributed by atoms with van der Waals surface area (Å²) in [5.41, 5.74) is 0. The summed E-state index contributed by atoms with van der Waals surface area (Å²) >= 11 is 0.908. The molecule has 36 valence electrons. The summed E-state index contributed by atoms with van der Waals surface area (Å²) < 4.78 is 6.80. The van der Waals surface area contributed by atoms with Crippen molar-refractivity contribution in [3.63, 3.8) is 0 Å². The fraction of sp³-hybridized carbons (Fsp3) is 0. The second-order valence-electron chi connectivity index (χ2n) is 1.17. The summed E-state index contributed by atoms with van der Waals surface area (Å²) in [5, 5.41) is 0.743. The van der Waals surface area contributed by atoms with E-state index < -0.39 is 0 Å². The van der Waals surface area contributed by atoms with Crippen LogP contribution in [-0.2, 0) is 0 Å². The van der Waals surface area contributed by atoms with Crippen LogP contribution in [-0.4, -0.2) is 6.11 Å². The quantitative estimate of drug-likeness (QED) is 0.541. The van der Waals surface area contributed by atoms with Gasteiger partial charge in [-0.3, -0.25) is 4.98 Å². The highest BCUT2D eigenvalue weighted by Crippen LogP contribution is 1.95. The molecule has 0 saturated carbocycles. The number of pyridine rings is 1. The van der Waals surface area contributed by atoms with Crippen LogP contribution in [0.1, 0.15) is 0 Å². The Morgan fingerprint density at radius 3 is 3.14 bits per heavy atom. The van der Waals surface area contributed by atoms with Gasteiger partial charge in [0.15, 0.2) is 0 Å². The fourth-order valence-corrected chi connectivity index (χ4v) is 0.487. The Morgan fingerprint density at radius 2 is 2.71 bits per heavy atom. The molecule has 0 spiro atoms. The van der Waals surface area contributed by atoms with E-state index in [4.69, 9.17) is 1.12 Å². The van der Waals surface area contributed by atoms with Crippen molar-refractivity contribution in [2.45, 2.75) is 5.03 Å². The molecule has 0 aliphatic carbocycles. The van der Waals surface area contributed by atoms with Gasteiger partial charge in [-0.1, -0.05) is 6.07 Å². The molecule has 0 N–H and O–H groups in total. The van der Waals surface area contributed by atoms with Crippen molar-refractivity contribution in [3.8, 4) is 0 Å². The average Bonchev–Trinajstić information content (AvgIpc) is 1.90. The summed E-state index contributed by atoms with van der Waals surface area (Å²) in [6.45, 7) is 0. The van der Waals surface area contributed by atoms with Gasteiger partial charge in [-0.05, 0) is 12.1 Å². The van der Waals surface area contributed by atoms with E-state index in [-0.39, 0.29) is 0 Å². The molecule has 0 fully saturated rings. The van der Waals surface area contributed by atoms with Gasteiger partial charge in [0.1, 0.15) is 1.12 Å². The van der Waals surface area contributed by atoms with Gasteiger partial charge in [-0.2, -0.15) is 0 Å². The average molecular weight is 112 g/mol. The van der Waals surface area contributed by atoms with Crippen molar-refractivity contribution in [2.24, 2.45) is 0 Å². The Balaban J connectivity index is 2.83. The molecule has 0 amide bonds. The topological polar surface area (TPSA) is 12.9 Å². The zero-order valence-corrected chi connectivity index (χ0v) is 4.48. The Hall–Kier alpha value is -0.500. The molecule has 1 rings (SSSR count). The summed E-state index contributed by atoms with van der Waals surface area (Å²) in [7, 11) is 0. The number of nitrogens with zero attached hydrogens (tertiary/aromatic N) is 1. The number of hydrogen-bond donors (Lipinski definition) is 1. The van der Waals surface area contributed by atoms with Crippen molar-refractivity contribution in [2.75, 3.05) is 0 Å². The monoisotopic (exact) mass is 112 g/mol. The minimum absolute atomic E-state index is 0.743. The highest BCUT2D eigenvalue weighted by atomic mass is 32.1. The van der Waals surface area contributed by atoms with Crippen LogP contribution < -0.4 is 0 Å². The van der Waals surface area contributed by atoms with Crippen LogP contribution in [0.5, 0.6) is 0 Å². The molecular formula is C5H5NS. The van der Waals surface area contributed by atoms with Crippen LogP contribution in [0.2, 0.25) is 0 Å². The molecule has 1 aromatic rings. The van der Waals surface area contributed by atoms with Gasteiger partial charge < -0.3 is 0 Å². The minimum Gasteiger partial charge on any atom is -0.250 e. The first-order valence-electron chi connectivity index (χ1n) is 2.38. The molecule has 0 aromatic carbocycles. The van der Waals surface area contributed by atoms with Gasteiger partial charge in [-0.15, -0.1) is 12.5 Å². The Bertz CT molecular complexity index is 154. The highest BCUT2D eigenvalue weighted by molar-refractivity contribution is 7.80. The van der Waals surface area contributed by atoms with E-state index >= 15 is 0 Å². The molecule has 0 aliphatic heterocycles. The molecule has 1 aromatic heterocycles. The normalized spacial score (nSPS) is 10.6. The van der Waals surface area contributed by atoms with Crippen LogP contribution in [0.25, 0.3) is 0 Å². The predicted molar refractivity (Wildman–Crippen MR) is 31.5 cm³/mol. The lowest BCUT2D eigenvalue weighted by Gasteiger charge is -1.81. The Kier molecular flexibility index (Phi) is 0.989. The Labute approximate surface area is 48.9 Å². The van der Waals surface area contributed by atoms with Crippen LogP contribution in [0.15, 0.2) is 29.4 Å². The van der Waals surface area contributed by atoms with Gasteiger partial charge in [0.2, 0.25) is 0 Å². The molecule has 0 radical (unpaired) electrons. The van der Waals surface area contributed by atoms with Crippen molar-refractivity contribution < 1.29 is 0 Å². The molecule has 7 heavy (non-hydrogen) atoms. The summed E-state index contributed by atoms with van der Waals surface area (Å²) in [6, 6.07) is 5.50. The van der Waals surface area contributed by atoms with E-state index in [9.17, 15) is 0 Å². The summed E-state index contributed by atoms with van der Waals surface area (Å²) in [5.74, 6) is 0. The van der Waals surface area contributed by atoms with E-state index in [2.05, 4.69) is 4.98 Å². The van der Waals surface area contributed by atoms with Gasteiger partial charge in [-0.25, -0.2) is 0 Å². The summed E-state index contributed by atoms with van der Waals surface area (Å²) in [6.07, 6.45) is 1.68. The molecule has 0 aliphatic rings. The van der Waals surface area contributed by atoms with Gasteiger partial charge >= 0.3 is 0 Å². The highest BCUT2D eigenvalue weighted by Gasteiger charge is 1.74. The van der Waals surface area contributed by atoms with Gasteiger partial charge in [0, 0.05) is 6.20 Å². The molecule has 0 saturated heterocycles. The zero-order valence-electron chi connectivity index (χ0n) is 4.66. The third-order valence-corrected chi connectivity index (χ3v) is 0.879. The molecule has 2 heteroatoms. The van der Waals surface area contributed by atoms with E-state index in [1.54, 1.807) is 12.3 Å². The molecular weight excluding hydrogens is 106 g/mol. The van der Waals surface area contributed by atoms with Crippen molar-refractivity contribution in [1.29, 1.82) is 1.12 Å². The Morgan fingerprint density at radius 1 is 1.71 bits per heavy atom. The van der Waals surface area contributed by atoms with Crippen LogP contribution in [0, 0.1) is 0 Å². The maximum Gasteiger partial charge on any atom is 0.109 e. The number of hydrogen-bond acceptors (Lipinski definition) is 2. The third-order valence-electron chi connectivity index (χ3n) is 0.638. The molecule has 1 nitrogen and oxygen atoms in total. The minimum atomic E-state index is 0.743. The molecule has 0 unspecified atom stereocenters. The lowest BCUT2D eigenvalue weighted by atomic mass is 10.5. The smallest absolute Gasteiger partial charge is 0.109 e.